The molecule has 4 aliphatic rings. The number of amides is 2. The van der Waals surface area contributed by atoms with Gasteiger partial charge >= 0.3 is 0 Å². The van der Waals surface area contributed by atoms with Gasteiger partial charge in [-0.1, -0.05) is 69.3 Å². The van der Waals surface area contributed by atoms with Crippen LogP contribution in [-0.2, 0) is 22.6 Å². The number of nitrogens with one attached hydrogen (secondary N) is 2. The van der Waals surface area contributed by atoms with Crippen LogP contribution in [0.2, 0.25) is 0 Å². The molecule has 3 aromatic rings. The Balaban J connectivity index is 1.23. The molecule has 1 saturated heterocycles. The number of hydroxylamine groups is 2. The number of hydrogen-bond acceptors (Lipinski definition) is 8. The van der Waals surface area contributed by atoms with Crippen molar-refractivity contribution in [2.45, 2.75) is 84.2 Å². The summed E-state index contributed by atoms with van der Waals surface area (Å²) in [6, 6.07) is 21.4. The highest BCUT2D eigenvalue weighted by Gasteiger charge is 2.56. The van der Waals surface area contributed by atoms with Gasteiger partial charge in [0.2, 0.25) is 5.91 Å². The Morgan fingerprint density at radius 2 is 1.83 bits per heavy atom. The van der Waals surface area contributed by atoms with Crippen LogP contribution in [0.4, 0.5) is 5.69 Å². The molecule has 286 valence electrons. The van der Waals surface area contributed by atoms with Gasteiger partial charge in [-0.15, -0.1) is 0 Å². The zero-order valence-corrected chi connectivity index (χ0v) is 32.3. The number of ether oxygens (including phenoxy) is 1. The molecule has 4 N–H and O–H groups in total. The Hall–Kier alpha value is -3.96. The van der Waals surface area contributed by atoms with Crippen molar-refractivity contribution in [3.63, 3.8) is 0 Å². The Morgan fingerprint density at radius 1 is 1.08 bits per heavy atom. The van der Waals surface area contributed by atoms with E-state index < -0.39 is 24.2 Å². The number of methoxy groups -OCH3 is 1. The van der Waals surface area contributed by atoms with Crippen molar-refractivity contribution in [1.29, 1.82) is 0 Å². The number of hydrogen-bond donors (Lipinski definition) is 4. The minimum Gasteiger partial charge on any atom is -0.496 e. The summed E-state index contributed by atoms with van der Waals surface area (Å²) in [6.07, 6.45) is 1.60. The lowest BCUT2D eigenvalue weighted by Gasteiger charge is -2.62. The zero-order valence-electron chi connectivity index (χ0n) is 32.3. The number of benzene rings is 3. The largest absolute Gasteiger partial charge is 0.496 e. The summed E-state index contributed by atoms with van der Waals surface area (Å²) < 4.78 is 6.07. The Morgan fingerprint density at radius 3 is 2.47 bits per heavy atom. The van der Waals surface area contributed by atoms with Crippen molar-refractivity contribution in [1.82, 2.24) is 15.7 Å². The fourth-order valence-electron chi connectivity index (χ4n) is 9.31. The van der Waals surface area contributed by atoms with Gasteiger partial charge < -0.3 is 30.5 Å². The minimum absolute atomic E-state index is 0.0698. The smallest absolute Gasteiger partial charge is 0.251 e. The van der Waals surface area contributed by atoms with Crippen LogP contribution in [0.5, 0.6) is 5.75 Å². The number of anilines is 1. The fraction of sp³-hybridized carbons (Fsp3) is 0.535. The number of aliphatic hydroxyl groups is 2. The van der Waals surface area contributed by atoms with Crippen LogP contribution in [-0.4, -0.2) is 85.7 Å². The predicted octanol–water partition coefficient (Wildman–Crippen LogP) is 5.45. The molecular weight excluding hydrogens is 668 g/mol. The SMILES string of the molecule is COc1c(CN2O[C@@H](CO)[C@H]([C@H](C)O)[C@H]2CC(=O)N[C@H]2C[C@H]3C[C@@H]([C@@H]2C)C3(C)C)cccc1-c1cc(C(=O)NCCc2ccccc2)cc(N(C)C)c1. The van der Waals surface area contributed by atoms with Gasteiger partial charge in [-0.2, -0.15) is 5.06 Å². The molecule has 7 rings (SSSR count). The van der Waals surface area contributed by atoms with Crippen LogP contribution in [0.15, 0.2) is 66.7 Å². The van der Waals surface area contributed by atoms with Gasteiger partial charge in [0.15, 0.2) is 0 Å². The first-order valence-electron chi connectivity index (χ1n) is 19.1. The van der Waals surface area contributed by atoms with E-state index in [4.69, 9.17) is 9.57 Å². The van der Waals surface area contributed by atoms with Gasteiger partial charge in [0.1, 0.15) is 11.9 Å². The molecule has 3 saturated carbocycles. The van der Waals surface area contributed by atoms with Crippen molar-refractivity contribution >= 4 is 17.5 Å². The van der Waals surface area contributed by atoms with Crippen LogP contribution < -0.4 is 20.3 Å². The fourth-order valence-corrected chi connectivity index (χ4v) is 9.31. The Bertz CT molecular complexity index is 1750. The van der Waals surface area contributed by atoms with Gasteiger partial charge in [-0.3, -0.25) is 14.4 Å². The summed E-state index contributed by atoms with van der Waals surface area (Å²) in [6.45, 7) is 9.13. The zero-order chi connectivity index (χ0) is 38.0. The van der Waals surface area contributed by atoms with E-state index in [9.17, 15) is 19.8 Å². The lowest BCUT2D eigenvalue weighted by atomic mass is 9.45. The maximum Gasteiger partial charge on any atom is 0.251 e. The number of para-hydroxylation sites is 1. The van der Waals surface area contributed by atoms with Gasteiger partial charge in [-0.05, 0) is 78.7 Å². The average Bonchev–Trinajstić information content (AvgIpc) is 3.48. The maximum atomic E-state index is 13.7. The third kappa shape index (κ3) is 8.11. The van der Waals surface area contributed by atoms with Crippen molar-refractivity contribution in [3.8, 4) is 16.9 Å². The first-order chi connectivity index (χ1) is 25.3. The molecule has 2 bridgehead atoms. The van der Waals surface area contributed by atoms with Crippen LogP contribution in [0.25, 0.3) is 11.1 Å². The molecule has 10 heteroatoms. The summed E-state index contributed by atoms with van der Waals surface area (Å²) in [4.78, 5) is 35.5. The van der Waals surface area contributed by atoms with E-state index in [0.29, 0.717) is 41.0 Å². The molecule has 4 fully saturated rings. The monoisotopic (exact) mass is 726 g/mol. The normalized spacial score (nSPS) is 26.7. The van der Waals surface area contributed by atoms with Gasteiger partial charge in [0.25, 0.3) is 5.91 Å². The number of aliphatic hydroxyl groups excluding tert-OH is 2. The minimum atomic E-state index is -0.809. The lowest BCUT2D eigenvalue weighted by Crippen LogP contribution is -2.61. The number of fused-ring (bicyclic) bond motifs is 2. The molecule has 8 atom stereocenters. The lowest BCUT2D eigenvalue weighted by molar-refractivity contribution is -0.180. The summed E-state index contributed by atoms with van der Waals surface area (Å²) in [5, 5.41) is 29.4. The number of carbonyl (C=O) groups is 2. The van der Waals surface area contributed by atoms with E-state index in [-0.39, 0.29) is 37.4 Å². The van der Waals surface area contributed by atoms with Crippen molar-refractivity contribution < 1.29 is 29.4 Å². The second-order valence-electron chi connectivity index (χ2n) is 16.3. The highest BCUT2D eigenvalue weighted by molar-refractivity contribution is 5.97. The number of nitrogens with zero attached hydrogens (tertiary/aromatic N) is 2. The maximum absolute atomic E-state index is 13.7. The molecule has 3 aromatic carbocycles. The molecule has 3 aliphatic carbocycles. The third-order valence-corrected chi connectivity index (χ3v) is 12.5. The molecule has 53 heavy (non-hydrogen) atoms. The van der Waals surface area contributed by atoms with E-state index in [1.807, 2.05) is 73.6 Å². The molecule has 1 heterocycles. The Kier molecular flexibility index (Phi) is 11.8. The highest BCUT2D eigenvalue weighted by Crippen LogP contribution is 2.61. The topological polar surface area (TPSA) is 124 Å². The van der Waals surface area contributed by atoms with Crippen LogP contribution in [0, 0.1) is 29.1 Å². The molecular formula is C43H58N4O6. The quantitative estimate of drug-likeness (QED) is 0.173. The number of carbonyl (C=O) groups excluding carboxylic acids is 2. The van der Waals surface area contributed by atoms with Crippen LogP contribution >= 0.6 is 0 Å². The average molecular weight is 727 g/mol. The standard InChI is InChI=1S/C43H58N4O6/c1-26-35-21-32(43(35,3)4)22-36(26)45-39(50)23-37-40(27(2)49)38(25-48)53-47(37)24-29-14-11-15-34(41(29)52-7)30-18-31(20-33(19-30)46(5)6)42(51)44-17-16-28-12-9-8-10-13-28/h8-15,18-20,26-27,32,35-38,40,48-49H,16-17,21-25H2,1-7H3,(H,44,51)(H,45,50)/t26-,27-,32+,35-,36-,37+,38-,40+/m0/s1. The van der Waals surface area contributed by atoms with E-state index >= 15 is 0 Å². The van der Waals surface area contributed by atoms with E-state index in [1.165, 1.54) is 6.42 Å². The van der Waals surface area contributed by atoms with Crippen molar-refractivity contribution in [3.05, 3.63) is 83.4 Å². The van der Waals surface area contributed by atoms with Crippen molar-refractivity contribution in [2.75, 3.05) is 39.3 Å². The predicted molar refractivity (Wildman–Crippen MR) is 207 cm³/mol. The van der Waals surface area contributed by atoms with Gasteiger partial charge in [-0.25, -0.2) is 0 Å². The molecule has 0 aromatic heterocycles. The summed E-state index contributed by atoms with van der Waals surface area (Å²) >= 11 is 0. The van der Waals surface area contributed by atoms with Gasteiger partial charge in [0, 0.05) is 61.4 Å². The first-order valence-corrected chi connectivity index (χ1v) is 19.1. The molecule has 10 nitrogen and oxygen atoms in total. The summed E-state index contributed by atoms with van der Waals surface area (Å²) in [7, 11) is 5.51. The highest BCUT2D eigenvalue weighted by atomic mass is 16.7. The van der Waals surface area contributed by atoms with E-state index in [2.05, 4.69) is 43.5 Å². The van der Waals surface area contributed by atoms with Crippen molar-refractivity contribution in [2.24, 2.45) is 29.1 Å². The van der Waals surface area contributed by atoms with Gasteiger partial charge in [0.05, 0.1) is 32.4 Å². The first kappa shape index (κ1) is 38.8. The second kappa shape index (κ2) is 16.2. The summed E-state index contributed by atoms with van der Waals surface area (Å²) in [5.74, 6) is 1.53. The van der Waals surface area contributed by atoms with E-state index in [1.54, 1.807) is 19.1 Å². The van der Waals surface area contributed by atoms with Crippen LogP contribution in [0.3, 0.4) is 0 Å². The molecule has 2 amide bonds. The summed E-state index contributed by atoms with van der Waals surface area (Å²) in [5.41, 5.74) is 5.32. The van der Waals surface area contributed by atoms with Crippen LogP contribution in [0.1, 0.15) is 68.4 Å². The number of rotatable bonds is 14. The molecule has 0 unspecified atom stereocenters. The third-order valence-electron chi connectivity index (χ3n) is 12.5. The van der Waals surface area contributed by atoms with E-state index in [0.717, 1.165) is 40.8 Å². The molecule has 0 radical (unpaired) electrons. The molecule has 1 aliphatic heterocycles. The second-order valence-corrected chi connectivity index (χ2v) is 16.3. The Labute approximate surface area is 314 Å². The molecule has 0 spiro atoms.